The predicted octanol–water partition coefficient (Wildman–Crippen LogP) is 4.38. The first-order valence-corrected chi connectivity index (χ1v) is 8.06. The van der Waals surface area contributed by atoms with Crippen LogP contribution in [-0.2, 0) is 11.2 Å². The van der Waals surface area contributed by atoms with Crippen molar-refractivity contribution >= 4 is 28.7 Å². The molecule has 0 fully saturated rings. The van der Waals surface area contributed by atoms with Gasteiger partial charge in [0, 0.05) is 22.5 Å². The van der Waals surface area contributed by atoms with Crippen LogP contribution in [0, 0.1) is 13.8 Å². The molecule has 2 aromatic rings. The van der Waals surface area contributed by atoms with Crippen LogP contribution in [0.15, 0.2) is 24.4 Å². The highest BCUT2D eigenvalue weighted by Crippen LogP contribution is 2.22. The fourth-order valence-corrected chi connectivity index (χ4v) is 3.01. The first kappa shape index (κ1) is 16.0. The largest absolute Gasteiger partial charge is 0.493 e. The second-order valence-electron chi connectivity index (χ2n) is 4.94. The summed E-state index contributed by atoms with van der Waals surface area (Å²) in [6.07, 6.45) is 3.47. The van der Waals surface area contributed by atoms with Crippen molar-refractivity contribution in [3.05, 3.63) is 44.9 Å². The van der Waals surface area contributed by atoms with Crippen LogP contribution in [0.4, 0.5) is 0 Å². The van der Waals surface area contributed by atoms with Crippen molar-refractivity contribution in [3.8, 4) is 5.75 Å². The van der Waals surface area contributed by atoms with Gasteiger partial charge in [0.15, 0.2) is 0 Å². The molecule has 2 rings (SSSR count). The van der Waals surface area contributed by atoms with E-state index in [4.69, 9.17) is 16.3 Å². The molecule has 0 aliphatic rings. The number of rotatable bonds is 7. The van der Waals surface area contributed by atoms with Crippen LogP contribution in [0.2, 0.25) is 5.02 Å². The Bertz CT molecular complexity index is 624. The zero-order chi connectivity index (χ0) is 15.2. The molecule has 0 bridgehead atoms. The van der Waals surface area contributed by atoms with E-state index in [9.17, 15) is 4.79 Å². The van der Waals surface area contributed by atoms with Crippen LogP contribution in [-0.4, -0.2) is 17.4 Å². The second kappa shape index (κ2) is 7.57. The minimum absolute atomic E-state index is 0.209. The molecule has 0 unspecified atom stereocenters. The van der Waals surface area contributed by atoms with Crippen molar-refractivity contribution in [3.63, 3.8) is 0 Å². The molecule has 0 saturated carbocycles. The molecule has 0 atom stereocenters. The van der Waals surface area contributed by atoms with E-state index in [1.165, 1.54) is 0 Å². The van der Waals surface area contributed by atoms with Gasteiger partial charge in [-0.15, -0.1) is 11.3 Å². The van der Waals surface area contributed by atoms with E-state index < -0.39 is 0 Å². The maximum Gasteiger partial charge on any atom is 0.139 e. The zero-order valence-electron chi connectivity index (χ0n) is 12.2. The number of ether oxygens (including phenoxy) is 1. The maximum absolute atomic E-state index is 11.8. The highest BCUT2D eigenvalue weighted by molar-refractivity contribution is 7.11. The lowest BCUT2D eigenvalue weighted by molar-refractivity contribution is -0.118. The van der Waals surface area contributed by atoms with Gasteiger partial charge in [-0.25, -0.2) is 4.98 Å². The quantitative estimate of drug-likeness (QED) is 0.710. The van der Waals surface area contributed by atoms with Gasteiger partial charge >= 0.3 is 0 Å². The summed E-state index contributed by atoms with van der Waals surface area (Å²) < 4.78 is 5.67. The van der Waals surface area contributed by atoms with Gasteiger partial charge in [-0.2, -0.15) is 0 Å². The molecule has 1 aromatic carbocycles. The highest BCUT2D eigenvalue weighted by Gasteiger charge is 2.07. The Balaban J connectivity index is 1.70. The first-order valence-electron chi connectivity index (χ1n) is 6.86. The summed E-state index contributed by atoms with van der Waals surface area (Å²) in [6.45, 7) is 4.48. The van der Waals surface area contributed by atoms with E-state index in [1.807, 2.05) is 26.0 Å². The summed E-state index contributed by atoms with van der Waals surface area (Å²) in [6, 6.07) is 5.53. The predicted molar refractivity (Wildman–Crippen MR) is 86.5 cm³/mol. The molecular weight excluding hydrogens is 306 g/mol. The van der Waals surface area contributed by atoms with Crippen molar-refractivity contribution in [1.29, 1.82) is 0 Å². The number of Topliss-reactive ketones (excluding diaryl/α,β-unsaturated/α-hetero) is 1. The van der Waals surface area contributed by atoms with E-state index >= 15 is 0 Å². The standard InChI is InChI=1S/C16H18ClNO2S/c1-11-8-13(17)5-6-15(11)20-7-3-4-14(19)9-16-18-10-12(2)21-16/h5-6,8,10H,3-4,7,9H2,1-2H3. The number of ketones is 1. The fraction of sp³-hybridized carbons (Fsp3) is 0.375. The van der Waals surface area contributed by atoms with Crippen LogP contribution in [0.25, 0.3) is 0 Å². The van der Waals surface area contributed by atoms with Crippen molar-refractivity contribution in [2.45, 2.75) is 33.1 Å². The number of hydrogen-bond donors (Lipinski definition) is 0. The van der Waals surface area contributed by atoms with Crippen LogP contribution in [0.1, 0.15) is 28.3 Å². The second-order valence-corrected chi connectivity index (χ2v) is 6.70. The third kappa shape index (κ3) is 5.14. The van der Waals surface area contributed by atoms with Crippen molar-refractivity contribution in [2.24, 2.45) is 0 Å². The fourth-order valence-electron chi connectivity index (χ4n) is 1.97. The lowest BCUT2D eigenvalue weighted by Gasteiger charge is -2.08. The lowest BCUT2D eigenvalue weighted by Crippen LogP contribution is -2.06. The normalized spacial score (nSPS) is 10.6. The highest BCUT2D eigenvalue weighted by atomic mass is 35.5. The van der Waals surface area contributed by atoms with Gasteiger partial charge in [0.05, 0.1) is 13.0 Å². The molecule has 0 spiro atoms. The third-order valence-electron chi connectivity index (χ3n) is 3.01. The molecule has 0 radical (unpaired) electrons. The van der Waals surface area contributed by atoms with Crippen LogP contribution >= 0.6 is 22.9 Å². The molecular formula is C16H18ClNO2S. The Morgan fingerprint density at radius 3 is 2.86 bits per heavy atom. The summed E-state index contributed by atoms with van der Waals surface area (Å²) >= 11 is 7.47. The SMILES string of the molecule is Cc1cnc(CC(=O)CCCOc2ccc(Cl)cc2C)s1. The number of carbonyl (C=O) groups is 1. The summed E-state index contributed by atoms with van der Waals surface area (Å²) in [4.78, 5) is 17.2. The number of aromatic nitrogens is 1. The average molecular weight is 324 g/mol. The Morgan fingerprint density at radius 1 is 1.38 bits per heavy atom. The molecule has 0 N–H and O–H groups in total. The van der Waals surface area contributed by atoms with E-state index in [0.29, 0.717) is 30.9 Å². The maximum atomic E-state index is 11.8. The van der Waals surface area contributed by atoms with Gasteiger partial charge in [0.1, 0.15) is 16.5 Å². The molecule has 0 saturated heterocycles. The number of nitrogens with zero attached hydrogens (tertiary/aromatic N) is 1. The number of aryl methyl sites for hydroxylation is 2. The average Bonchev–Trinajstić information content (AvgIpc) is 2.82. The molecule has 0 aliphatic carbocycles. The van der Waals surface area contributed by atoms with E-state index in [0.717, 1.165) is 21.2 Å². The van der Waals surface area contributed by atoms with E-state index in [2.05, 4.69) is 4.98 Å². The van der Waals surface area contributed by atoms with Crippen molar-refractivity contribution in [1.82, 2.24) is 4.98 Å². The minimum Gasteiger partial charge on any atom is -0.493 e. The zero-order valence-corrected chi connectivity index (χ0v) is 13.8. The number of halogens is 1. The summed E-state index contributed by atoms with van der Waals surface area (Å²) in [5.41, 5.74) is 1.01. The topological polar surface area (TPSA) is 39.2 Å². The molecule has 3 nitrogen and oxygen atoms in total. The van der Waals surface area contributed by atoms with Crippen molar-refractivity contribution < 1.29 is 9.53 Å². The molecule has 5 heteroatoms. The lowest BCUT2D eigenvalue weighted by atomic mass is 10.2. The summed E-state index contributed by atoms with van der Waals surface area (Å²) in [5, 5.41) is 1.60. The third-order valence-corrected chi connectivity index (χ3v) is 4.16. The first-order chi connectivity index (χ1) is 10.0. The van der Waals surface area contributed by atoms with E-state index in [1.54, 1.807) is 23.6 Å². The van der Waals surface area contributed by atoms with Gasteiger partial charge in [0.25, 0.3) is 0 Å². The summed E-state index contributed by atoms with van der Waals surface area (Å²) in [5.74, 6) is 1.03. The number of carbonyl (C=O) groups excluding carboxylic acids is 1. The van der Waals surface area contributed by atoms with Gasteiger partial charge in [0.2, 0.25) is 0 Å². The Kier molecular flexibility index (Phi) is 5.76. The van der Waals surface area contributed by atoms with Gasteiger partial charge in [-0.1, -0.05) is 11.6 Å². The van der Waals surface area contributed by atoms with Crippen LogP contribution < -0.4 is 4.74 Å². The molecule has 1 heterocycles. The molecule has 0 amide bonds. The Labute approximate surface area is 133 Å². The van der Waals surface area contributed by atoms with Gasteiger partial charge in [-0.05, 0) is 44.0 Å². The summed E-state index contributed by atoms with van der Waals surface area (Å²) in [7, 11) is 0. The minimum atomic E-state index is 0.209. The monoisotopic (exact) mass is 323 g/mol. The Morgan fingerprint density at radius 2 is 2.19 bits per heavy atom. The van der Waals surface area contributed by atoms with Gasteiger partial charge in [-0.3, -0.25) is 4.79 Å². The molecule has 112 valence electrons. The number of hydrogen-bond acceptors (Lipinski definition) is 4. The molecule has 1 aromatic heterocycles. The Hall–Kier alpha value is -1.39. The number of benzene rings is 1. The van der Waals surface area contributed by atoms with Crippen molar-refractivity contribution in [2.75, 3.05) is 6.61 Å². The molecule has 21 heavy (non-hydrogen) atoms. The molecule has 0 aliphatic heterocycles. The smallest absolute Gasteiger partial charge is 0.139 e. The van der Waals surface area contributed by atoms with Gasteiger partial charge < -0.3 is 4.74 Å². The van der Waals surface area contributed by atoms with Crippen LogP contribution in [0.3, 0.4) is 0 Å². The number of thiazole rings is 1. The van der Waals surface area contributed by atoms with Crippen LogP contribution in [0.5, 0.6) is 5.75 Å². The van der Waals surface area contributed by atoms with E-state index in [-0.39, 0.29) is 5.78 Å².